The van der Waals surface area contributed by atoms with Crippen molar-refractivity contribution in [2.45, 2.75) is 37.8 Å². The van der Waals surface area contributed by atoms with Crippen LogP contribution in [0, 0.1) is 0 Å². The first-order valence-electron chi connectivity index (χ1n) is 7.39. The molecular weight excluding hydrogens is 256 g/mol. The fraction of sp³-hybridized carbons (Fsp3) is 0.714. The highest BCUT2D eigenvalue weighted by molar-refractivity contribution is 5.85. The van der Waals surface area contributed by atoms with E-state index in [4.69, 9.17) is 0 Å². The Balaban J connectivity index is 1.65. The minimum Gasteiger partial charge on any atom is -0.379 e. The number of amides is 1. The Morgan fingerprint density at radius 2 is 2.15 bits per heavy atom. The summed E-state index contributed by atoms with van der Waals surface area (Å²) in [5, 5.41) is 10.7. The van der Waals surface area contributed by atoms with Crippen LogP contribution in [0.1, 0.15) is 31.4 Å². The van der Waals surface area contributed by atoms with Gasteiger partial charge in [0.1, 0.15) is 0 Å². The number of H-pyrrole nitrogens is 1. The second kappa shape index (κ2) is 5.54. The number of hydrogen-bond acceptors (Lipinski definition) is 4. The molecule has 6 heteroatoms. The number of carbonyl (C=O) groups is 1. The number of β-amino-alcohol motifs (C(OH)–C–C–N with tert-alkyl or cyclic N) is 1. The molecule has 3 rings (SSSR count). The van der Waals surface area contributed by atoms with Crippen molar-refractivity contribution in [1.82, 2.24) is 19.8 Å². The highest BCUT2D eigenvalue weighted by Crippen LogP contribution is 2.26. The van der Waals surface area contributed by atoms with Crippen LogP contribution in [0.15, 0.2) is 12.5 Å². The number of hydrogen-bond donors (Lipinski definition) is 2. The van der Waals surface area contributed by atoms with Gasteiger partial charge in [0.2, 0.25) is 0 Å². The number of aliphatic hydroxyl groups is 1. The normalized spacial score (nSPS) is 27.9. The van der Waals surface area contributed by atoms with Crippen LogP contribution in [0.3, 0.4) is 0 Å². The molecule has 110 valence electrons. The summed E-state index contributed by atoms with van der Waals surface area (Å²) < 4.78 is 0. The minimum atomic E-state index is -1.21. The average Bonchev–Trinajstić information content (AvgIpc) is 3.10. The zero-order chi connectivity index (χ0) is 14.0. The lowest BCUT2D eigenvalue weighted by molar-refractivity contribution is -0.156. The third-order valence-electron chi connectivity index (χ3n) is 4.29. The topological polar surface area (TPSA) is 72.5 Å². The summed E-state index contributed by atoms with van der Waals surface area (Å²) in [6, 6.07) is 0. The second-order valence-electron chi connectivity index (χ2n) is 5.92. The molecule has 1 aromatic heterocycles. The molecule has 0 aliphatic carbocycles. The Kier molecular flexibility index (Phi) is 3.76. The Morgan fingerprint density at radius 1 is 1.35 bits per heavy atom. The van der Waals surface area contributed by atoms with Crippen molar-refractivity contribution in [3.8, 4) is 0 Å². The van der Waals surface area contributed by atoms with E-state index in [-0.39, 0.29) is 5.91 Å². The number of aromatic nitrogens is 2. The van der Waals surface area contributed by atoms with E-state index in [1.54, 1.807) is 12.5 Å². The Hall–Kier alpha value is -1.40. The molecule has 1 amide bonds. The standard InChI is InChI=1S/C14H22N4O2/c19-13(18-6-1-2-7-18)14(20)4-3-5-17(10-14)9-12-8-15-11-16-12/h8,11,20H,1-7,9-10H2,(H,15,16). The van der Waals surface area contributed by atoms with Crippen molar-refractivity contribution in [2.24, 2.45) is 0 Å². The van der Waals surface area contributed by atoms with Crippen molar-refractivity contribution in [3.63, 3.8) is 0 Å². The lowest BCUT2D eigenvalue weighted by atomic mass is 9.91. The van der Waals surface area contributed by atoms with Crippen LogP contribution in [0.5, 0.6) is 0 Å². The number of carbonyl (C=O) groups excluding carboxylic acids is 1. The lowest BCUT2D eigenvalue weighted by Crippen LogP contribution is -2.57. The number of likely N-dealkylation sites (tertiary alicyclic amines) is 2. The molecule has 0 radical (unpaired) electrons. The summed E-state index contributed by atoms with van der Waals surface area (Å²) in [7, 11) is 0. The van der Waals surface area contributed by atoms with E-state index in [2.05, 4.69) is 14.9 Å². The first-order valence-corrected chi connectivity index (χ1v) is 7.39. The number of aromatic amines is 1. The molecule has 2 aliphatic rings. The van der Waals surface area contributed by atoms with Crippen LogP contribution in [0.25, 0.3) is 0 Å². The van der Waals surface area contributed by atoms with Crippen molar-refractivity contribution < 1.29 is 9.90 Å². The van der Waals surface area contributed by atoms with Crippen LogP contribution in [0.4, 0.5) is 0 Å². The molecule has 2 fully saturated rings. The van der Waals surface area contributed by atoms with E-state index in [1.807, 2.05) is 4.90 Å². The SMILES string of the molecule is O=C(N1CCCC1)C1(O)CCCN(Cc2cnc[nH]2)C1. The lowest BCUT2D eigenvalue weighted by Gasteiger charge is -2.39. The van der Waals surface area contributed by atoms with Crippen LogP contribution in [-0.4, -0.2) is 62.6 Å². The maximum absolute atomic E-state index is 12.5. The molecule has 2 saturated heterocycles. The molecule has 1 aromatic rings. The molecule has 2 N–H and O–H groups in total. The van der Waals surface area contributed by atoms with E-state index < -0.39 is 5.60 Å². The third-order valence-corrected chi connectivity index (χ3v) is 4.29. The minimum absolute atomic E-state index is 0.0793. The Labute approximate surface area is 118 Å². The molecule has 0 aromatic carbocycles. The third kappa shape index (κ3) is 2.71. The number of rotatable bonds is 3. The molecule has 3 heterocycles. The molecule has 6 nitrogen and oxygen atoms in total. The first-order chi connectivity index (χ1) is 9.67. The molecule has 0 spiro atoms. The van der Waals surface area contributed by atoms with Crippen LogP contribution < -0.4 is 0 Å². The number of nitrogens with zero attached hydrogens (tertiary/aromatic N) is 3. The maximum Gasteiger partial charge on any atom is 0.255 e. The fourth-order valence-electron chi connectivity index (χ4n) is 3.26. The van der Waals surface area contributed by atoms with Crippen molar-refractivity contribution in [1.29, 1.82) is 0 Å². The predicted molar refractivity (Wildman–Crippen MR) is 73.9 cm³/mol. The van der Waals surface area contributed by atoms with Gasteiger partial charge in [0.25, 0.3) is 5.91 Å². The van der Waals surface area contributed by atoms with Gasteiger partial charge >= 0.3 is 0 Å². The summed E-state index contributed by atoms with van der Waals surface area (Å²) in [4.78, 5) is 23.5. The van der Waals surface area contributed by atoms with Gasteiger partial charge in [0, 0.05) is 38.1 Å². The zero-order valence-corrected chi connectivity index (χ0v) is 11.7. The van der Waals surface area contributed by atoms with Gasteiger partial charge in [-0.05, 0) is 32.2 Å². The monoisotopic (exact) mass is 278 g/mol. The highest BCUT2D eigenvalue weighted by atomic mass is 16.3. The van der Waals surface area contributed by atoms with Crippen molar-refractivity contribution in [2.75, 3.05) is 26.2 Å². The smallest absolute Gasteiger partial charge is 0.255 e. The maximum atomic E-state index is 12.5. The van der Waals surface area contributed by atoms with Gasteiger partial charge in [0.15, 0.2) is 5.60 Å². The summed E-state index contributed by atoms with van der Waals surface area (Å²) in [6.07, 6.45) is 6.97. The zero-order valence-electron chi connectivity index (χ0n) is 11.7. The summed E-state index contributed by atoms with van der Waals surface area (Å²) in [5.74, 6) is -0.0793. The Bertz CT molecular complexity index is 456. The van der Waals surface area contributed by atoms with Crippen LogP contribution in [-0.2, 0) is 11.3 Å². The molecule has 2 aliphatic heterocycles. The summed E-state index contributed by atoms with van der Waals surface area (Å²) in [5.41, 5.74) is -0.189. The largest absolute Gasteiger partial charge is 0.379 e. The number of nitrogens with one attached hydrogen (secondary N) is 1. The number of imidazole rings is 1. The second-order valence-corrected chi connectivity index (χ2v) is 5.92. The van der Waals surface area contributed by atoms with Crippen molar-refractivity contribution in [3.05, 3.63) is 18.2 Å². The molecule has 0 saturated carbocycles. The predicted octanol–water partition coefficient (Wildman–Crippen LogP) is 0.359. The average molecular weight is 278 g/mol. The number of piperidine rings is 1. The van der Waals surface area contributed by atoms with Gasteiger partial charge in [-0.1, -0.05) is 0 Å². The molecule has 20 heavy (non-hydrogen) atoms. The summed E-state index contributed by atoms with van der Waals surface area (Å²) >= 11 is 0. The molecule has 1 unspecified atom stereocenters. The molecular formula is C14H22N4O2. The van der Waals surface area contributed by atoms with E-state index in [1.165, 1.54) is 0 Å². The fourth-order valence-corrected chi connectivity index (χ4v) is 3.26. The van der Waals surface area contributed by atoms with E-state index in [9.17, 15) is 9.90 Å². The Morgan fingerprint density at radius 3 is 2.85 bits per heavy atom. The summed E-state index contributed by atoms with van der Waals surface area (Å²) in [6.45, 7) is 3.62. The van der Waals surface area contributed by atoms with Gasteiger partial charge in [0.05, 0.1) is 6.33 Å². The van der Waals surface area contributed by atoms with Crippen molar-refractivity contribution >= 4 is 5.91 Å². The van der Waals surface area contributed by atoms with E-state index >= 15 is 0 Å². The first kappa shape index (κ1) is 13.6. The highest BCUT2D eigenvalue weighted by Gasteiger charge is 2.43. The van der Waals surface area contributed by atoms with E-state index in [0.717, 1.165) is 44.6 Å². The van der Waals surface area contributed by atoms with Crippen LogP contribution in [0.2, 0.25) is 0 Å². The van der Waals surface area contributed by atoms with Gasteiger partial charge in [-0.2, -0.15) is 0 Å². The van der Waals surface area contributed by atoms with Crippen LogP contribution >= 0.6 is 0 Å². The molecule has 1 atom stereocenters. The molecule has 0 bridgehead atoms. The van der Waals surface area contributed by atoms with Gasteiger partial charge < -0.3 is 15.0 Å². The van der Waals surface area contributed by atoms with Gasteiger partial charge in [-0.25, -0.2) is 4.98 Å². The van der Waals surface area contributed by atoms with Gasteiger partial charge in [-0.3, -0.25) is 9.69 Å². The van der Waals surface area contributed by atoms with E-state index in [0.29, 0.717) is 19.5 Å². The quantitative estimate of drug-likeness (QED) is 0.837. The van der Waals surface area contributed by atoms with Gasteiger partial charge in [-0.15, -0.1) is 0 Å².